The first-order valence-corrected chi connectivity index (χ1v) is 6.04. The first-order valence-electron chi connectivity index (χ1n) is 6.04. The number of benzene rings is 1. The second-order valence-corrected chi connectivity index (χ2v) is 4.67. The van der Waals surface area contributed by atoms with Gasteiger partial charge in [0, 0.05) is 19.3 Å². The Labute approximate surface area is 102 Å². The molecule has 3 nitrogen and oxygen atoms in total. The molecule has 88 valence electrons. The predicted molar refractivity (Wildman–Crippen MR) is 69.8 cm³/mol. The van der Waals surface area contributed by atoms with Crippen molar-refractivity contribution in [2.45, 2.75) is 20.3 Å². The molecule has 2 heterocycles. The number of para-hydroxylation sites is 1. The number of aromatic nitrogens is 2. The molecule has 0 aliphatic carbocycles. The van der Waals surface area contributed by atoms with Crippen molar-refractivity contribution in [3.8, 4) is 0 Å². The first-order chi connectivity index (χ1) is 8.18. The fourth-order valence-corrected chi connectivity index (χ4v) is 2.72. The van der Waals surface area contributed by atoms with Crippen LogP contribution in [0.25, 0.3) is 0 Å². The van der Waals surface area contributed by atoms with Crippen molar-refractivity contribution in [3.63, 3.8) is 0 Å². The van der Waals surface area contributed by atoms with Crippen LogP contribution in [-0.4, -0.2) is 16.3 Å². The van der Waals surface area contributed by atoms with Gasteiger partial charge in [-0.3, -0.25) is 4.68 Å². The van der Waals surface area contributed by atoms with Crippen LogP contribution in [0.2, 0.25) is 0 Å². The SMILES string of the molecule is Cc1nn(C)c(C)c1N1CCc2ccccc21. The van der Waals surface area contributed by atoms with E-state index in [1.54, 1.807) is 0 Å². The fourth-order valence-electron chi connectivity index (χ4n) is 2.72. The highest BCUT2D eigenvalue weighted by Gasteiger charge is 2.24. The molecule has 0 bridgehead atoms. The highest BCUT2D eigenvalue weighted by atomic mass is 15.3. The van der Waals surface area contributed by atoms with Crippen LogP contribution in [0.4, 0.5) is 11.4 Å². The third-order valence-corrected chi connectivity index (χ3v) is 3.63. The summed E-state index contributed by atoms with van der Waals surface area (Å²) in [6.07, 6.45) is 1.13. The van der Waals surface area contributed by atoms with E-state index in [0.717, 1.165) is 18.7 Å². The Morgan fingerprint density at radius 1 is 1.18 bits per heavy atom. The summed E-state index contributed by atoms with van der Waals surface area (Å²) >= 11 is 0. The van der Waals surface area contributed by atoms with Gasteiger partial charge in [0.2, 0.25) is 0 Å². The van der Waals surface area contributed by atoms with Gasteiger partial charge >= 0.3 is 0 Å². The van der Waals surface area contributed by atoms with Crippen molar-refractivity contribution in [1.29, 1.82) is 0 Å². The summed E-state index contributed by atoms with van der Waals surface area (Å²) in [7, 11) is 2.01. The van der Waals surface area contributed by atoms with Gasteiger partial charge in [-0.1, -0.05) is 18.2 Å². The summed E-state index contributed by atoms with van der Waals surface area (Å²) < 4.78 is 1.96. The van der Waals surface area contributed by atoms with E-state index in [0.29, 0.717) is 0 Å². The van der Waals surface area contributed by atoms with Crippen molar-refractivity contribution >= 4 is 11.4 Å². The number of fused-ring (bicyclic) bond motifs is 1. The maximum absolute atomic E-state index is 4.50. The zero-order chi connectivity index (χ0) is 12.0. The van der Waals surface area contributed by atoms with Crippen LogP contribution in [0, 0.1) is 13.8 Å². The Bertz CT molecular complexity index is 569. The minimum absolute atomic E-state index is 1.06. The highest BCUT2D eigenvalue weighted by molar-refractivity contribution is 5.72. The predicted octanol–water partition coefficient (Wildman–Crippen LogP) is 2.73. The quantitative estimate of drug-likeness (QED) is 0.747. The van der Waals surface area contributed by atoms with Crippen LogP contribution in [0.1, 0.15) is 17.0 Å². The molecule has 1 aliphatic heterocycles. The largest absolute Gasteiger partial charge is 0.338 e. The van der Waals surface area contributed by atoms with Gasteiger partial charge in [0.25, 0.3) is 0 Å². The van der Waals surface area contributed by atoms with Crippen LogP contribution >= 0.6 is 0 Å². The Morgan fingerprint density at radius 3 is 2.65 bits per heavy atom. The lowest BCUT2D eigenvalue weighted by molar-refractivity contribution is 0.731. The van der Waals surface area contributed by atoms with E-state index >= 15 is 0 Å². The van der Waals surface area contributed by atoms with E-state index in [2.05, 4.69) is 48.1 Å². The zero-order valence-corrected chi connectivity index (χ0v) is 10.6. The summed E-state index contributed by atoms with van der Waals surface area (Å²) in [6, 6.07) is 8.65. The van der Waals surface area contributed by atoms with Crippen molar-refractivity contribution in [2.24, 2.45) is 7.05 Å². The van der Waals surface area contributed by atoms with E-state index in [1.807, 2.05) is 11.7 Å². The Morgan fingerprint density at radius 2 is 1.94 bits per heavy atom. The van der Waals surface area contributed by atoms with Gasteiger partial charge in [-0.15, -0.1) is 0 Å². The van der Waals surface area contributed by atoms with Crippen LogP contribution in [0.5, 0.6) is 0 Å². The molecule has 3 rings (SSSR count). The molecular weight excluding hydrogens is 210 g/mol. The summed E-state index contributed by atoms with van der Waals surface area (Å²) in [4.78, 5) is 2.40. The molecule has 1 aromatic heterocycles. The first kappa shape index (κ1) is 10.4. The number of hydrogen-bond donors (Lipinski definition) is 0. The van der Waals surface area contributed by atoms with E-state index in [-0.39, 0.29) is 0 Å². The van der Waals surface area contributed by atoms with Crippen LogP contribution in [-0.2, 0) is 13.5 Å². The topological polar surface area (TPSA) is 21.1 Å². The molecule has 0 N–H and O–H groups in total. The smallest absolute Gasteiger partial charge is 0.0856 e. The molecule has 17 heavy (non-hydrogen) atoms. The van der Waals surface area contributed by atoms with Gasteiger partial charge < -0.3 is 4.90 Å². The number of anilines is 2. The molecule has 0 saturated heterocycles. The highest BCUT2D eigenvalue weighted by Crippen LogP contribution is 2.37. The van der Waals surface area contributed by atoms with Gasteiger partial charge in [-0.05, 0) is 31.9 Å². The molecule has 3 heteroatoms. The molecule has 0 saturated carbocycles. The Hall–Kier alpha value is -1.77. The zero-order valence-electron chi connectivity index (χ0n) is 10.6. The summed E-state index contributed by atoms with van der Waals surface area (Å²) in [5.41, 5.74) is 6.40. The molecular formula is C14H17N3. The number of hydrogen-bond acceptors (Lipinski definition) is 2. The van der Waals surface area contributed by atoms with Crippen LogP contribution in [0.15, 0.2) is 24.3 Å². The maximum atomic E-state index is 4.50. The van der Waals surface area contributed by atoms with Gasteiger partial charge in [0.05, 0.1) is 17.1 Å². The Balaban J connectivity index is 2.13. The van der Waals surface area contributed by atoms with Gasteiger partial charge in [-0.2, -0.15) is 5.10 Å². The average Bonchev–Trinajstić information content (AvgIpc) is 2.82. The van der Waals surface area contributed by atoms with E-state index in [9.17, 15) is 0 Å². The lowest BCUT2D eigenvalue weighted by atomic mass is 10.2. The molecule has 0 fully saturated rings. The normalized spacial score (nSPS) is 14.2. The van der Waals surface area contributed by atoms with E-state index in [1.165, 1.54) is 22.6 Å². The number of nitrogens with zero attached hydrogens (tertiary/aromatic N) is 3. The van der Waals surface area contributed by atoms with Crippen LogP contribution < -0.4 is 4.90 Å². The molecule has 0 spiro atoms. The van der Waals surface area contributed by atoms with Gasteiger partial charge in [0.1, 0.15) is 0 Å². The van der Waals surface area contributed by atoms with Crippen molar-refractivity contribution in [3.05, 3.63) is 41.2 Å². The molecule has 0 atom stereocenters. The van der Waals surface area contributed by atoms with Crippen LogP contribution in [0.3, 0.4) is 0 Å². The second kappa shape index (κ2) is 3.62. The third kappa shape index (κ3) is 1.46. The number of rotatable bonds is 1. The van der Waals surface area contributed by atoms with E-state index < -0.39 is 0 Å². The average molecular weight is 227 g/mol. The molecule has 2 aromatic rings. The van der Waals surface area contributed by atoms with Gasteiger partial charge in [0.15, 0.2) is 0 Å². The lowest BCUT2D eigenvalue weighted by Gasteiger charge is -2.19. The number of aryl methyl sites for hydroxylation is 2. The monoisotopic (exact) mass is 227 g/mol. The lowest BCUT2D eigenvalue weighted by Crippen LogP contribution is -2.14. The standard InChI is InChI=1S/C14H17N3/c1-10-14(11(2)16(3)15-10)17-9-8-12-6-4-5-7-13(12)17/h4-7H,8-9H2,1-3H3. The van der Waals surface area contributed by atoms with Gasteiger partial charge in [-0.25, -0.2) is 0 Å². The summed E-state index contributed by atoms with van der Waals surface area (Å²) in [5.74, 6) is 0. The van der Waals surface area contributed by atoms with E-state index in [4.69, 9.17) is 0 Å². The molecule has 1 aliphatic rings. The van der Waals surface area contributed by atoms with Crippen molar-refractivity contribution in [1.82, 2.24) is 9.78 Å². The molecule has 0 amide bonds. The third-order valence-electron chi connectivity index (χ3n) is 3.63. The molecule has 0 unspecified atom stereocenters. The Kier molecular flexibility index (Phi) is 2.21. The van der Waals surface area contributed by atoms with Crippen molar-refractivity contribution in [2.75, 3.05) is 11.4 Å². The van der Waals surface area contributed by atoms with Crippen molar-refractivity contribution < 1.29 is 0 Å². The minimum atomic E-state index is 1.06. The second-order valence-electron chi connectivity index (χ2n) is 4.67. The minimum Gasteiger partial charge on any atom is -0.338 e. The summed E-state index contributed by atoms with van der Waals surface area (Å²) in [6.45, 7) is 5.28. The molecule has 0 radical (unpaired) electrons. The molecule has 1 aromatic carbocycles. The maximum Gasteiger partial charge on any atom is 0.0856 e. The fraction of sp³-hybridized carbons (Fsp3) is 0.357. The summed E-state index contributed by atoms with van der Waals surface area (Å²) in [5, 5.41) is 4.50.